The number of carboxylic acids is 1. The van der Waals surface area contributed by atoms with Crippen molar-refractivity contribution in [2.45, 2.75) is 6.42 Å². The predicted molar refractivity (Wildman–Crippen MR) is 108 cm³/mol. The Bertz CT molecular complexity index is 1180. The van der Waals surface area contributed by atoms with Gasteiger partial charge in [-0.1, -0.05) is 23.8 Å². The Hall–Kier alpha value is -3.19. The second kappa shape index (κ2) is 6.40. The fourth-order valence-electron chi connectivity index (χ4n) is 5.58. The van der Waals surface area contributed by atoms with E-state index in [0.717, 1.165) is 11.4 Å². The SMILES string of the molecule is O=C([O-])c1cc(-c2ccc(/C=N\N3C(=O)[C@@H]4[C@H]5C=C[C@H]([C@@H]6C[C@H]56)[C@@H]4C3=O)o2)ccc1Cl. The summed E-state index contributed by atoms with van der Waals surface area (Å²) in [6, 6.07) is 7.72. The van der Waals surface area contributed by atoms with E-state index in [1.807, 2.05) is 0 Å². The first kappa shape index (κ1) is 18.6. The molecule has 1 saturated heterocycles. The third-order valence-corrected chi connectivity index (χ3v) is 7.37. The summed E-state index contributed by atoms with van der Waals surface area (Å²) in [6.45, 7) is 0. The average Bonchev–Trinajstić information content (AvgIpc) is 3.39. The summed E-state index contributed by atoms with van der Waals surface area (Å²) < 4.78 is 5.70. The Labute approximate surface area is 182 Å². The van der Waals surface area contributed by atoms with Crippen molar-refractivity contribution in [3.05, 3.63) is 58.8 Å². The Balaban J connectivity index is 1.24. The van der Waals surface area contributed by atoms with Crippen molar-refractivity contribution in [3.8, 4) is 11.3 Å². The number of hydrogen-bond acceptors (Lipinski definition) is 6. The van der Waals surface area contributed by atoms with E-state index in [0.29, 0.717) is 28.9 Å². The van der Waals surface area contributed by atoms with Gasteiger partial charge in [0.15, 0.2) is 0 Å². The number of benzene rings is 1. The predicted octanol–water partition coefficient (Wildman–Crippen LogP) is 2.35. The lowest BCUT2D eigenvalue weighted by Gasteiger charge is -2.37. The number of furan rings is 1. The van der Waals surface area contributed by atoms with Crippen molar-refractivity contribution in [3.63, 3.8) is 0 Å². The molecular weight excluding hydrogens is 420 g/mol. The Kier molecular flexibility index (Phi) is 3.84. The van der Waals surface area contributed by atoms with Gasteiger partial charge in [0.1, 0.15) is 11.5 Å². The van der Waals surface area contributed by atoms with E-state index in [9.17, 15) is 19.5 Å². The molecule has 1 aromatic heterocycles. The molecule has 156 valence electrons. The van der Waals surface area contributed by atoms with E-state index in [2.05, 4.69) is 17.3 Å². The van der Waals surface area contributed by atoms with Crippen molar-refractivity contribution in [1.29, 1.82) is 0 Å². The van der Waals surface area contributed by atoms with Crippen LogP contribution in [0.5, 0.6) is 0 Å². The first-order valence-electron chi connectivity index (χ1n) is 10.2. The van der Waals surface area contributed by atoms with Crippen LogP contribution < -0.4 is 5.11 Å². The van der Waals surface area contributed by atoms with E-state index in [1.165, 1.54) is 18.3 Å². The van der Waals surface area contributed by atoms with Crippen molar-refractivity contribution in [2.24, 2.45) is 40.6 Å². The molecule has 2 amide bonds. The number of aromatic carboxylic acids is 1. The van der Waals surface area contributed by atoms with Gasteiger partial charge >= 0.3 is 0 Å². The van der Waals surface area contributed by atoms with Crippen LogP contribution in [0, 0.1) is 35.5 Å². The van der Waals surface area contributed by atoms with Crippen LogP contribution in [-0.2, 0) is 9.59 Å². The van der Waals surface area contributed by atoms with Gasteiger partial charge in [0.05, 0.1) is 24.0 Å². The molecule has 3 fully saturated rings. The molecule has 1 aliphatic heterocycles. The lowest BCUT2D eigenvalue weighted by atomic mass is 9.63. The molecular formula is C23H16ClN2O5-. The highest BCUT2D eigenvalue weighted by Crippen LogP contribution is 2.65. The number of rotatable bonds is 4. The summed E-state index contributed by atoms with van der Waals surface area (Å²) in [6.07, 6.45) is 6.68. The van der Waals surface area contributed by atoms with Gasteiger partial charge in [0.2, 0.25) is 0 Å². The standard InChI is InChI=1S/C23H17ClN2O5/c24-17-5-1-10(7-16(17)23(29)30)18-6-2-11(31-18)9-25-26-21(27)19-12-3-4-13(15-8-14(12)15)20(19)22(26)28/h1-7,9,12-15,19-20H,8H2,(H,29,30)/p-1/b25-9-/t12-,13+,14+,15-,19+,20-. The lowest BCUT2D eigenvalue weighted by Crippen LogP contribution is -2.40. The van der Waals surface area contributed by atoms with Crippen molar-refractivity contribution in [1.82, 2.24) is 5.01 Å². The largest absolute Gasteiger partial charge is 0.545 e. The highest BCUT2D eigenvalue weighted by Gasteiger charge is 2.67. The fourth-order valence-corrected chi connectivity index (χ4v) is 5.78. The monoisotopic (exact) mass is 435 g/mol. The van der Waals surface area contributed by atoms with Crippen molar-refractivity contribution in [2.75, 3.05) is 0 Å². The molecule has 1 aromatic carbocycles. The Morgan fingerprint density at radius 1 is 1.10 bits per heavy atom. The molecule has 0 spiro atoms. The highest BCUT2D eigenvalue weighted by molar-refractivity contribution is 6.33. The maximum Gasteiger partial charge on any atom is 0.254 e. The molecule has 7 nitrogen and oxygen atoms in total. The van der Waals surface area contributed by atoms with E-state index in [-0.39, 0.29) is 46.1 Å². The molecule has 0 N–H and O–H groups in total. The molecule has 31 heavy (non-hydrogen) atoms. The second-order valence-corrected chi connectivity index (χ2v) is 8.98. The summed E-state index contributed by atoms with van der Waals surface area (Å²) >= 11 is 5.88. The van der Waals surface area contributed by atoms with E-state index in [4.69, 9.17) is 16.0 Å². The zero-order valence-corrected chi connectivity index (χ0v) is 16.9. The number of allylic oxidation sites excluding steroid dienone is 2. The summed E-state index contributed by atoms with van der Waals surface area (Å²) in [5.74, 6) is -0.351. The van der Waals surface area contributed by atoms with E-state index < -0.39 is 5.97 Å². The number of carboxylic acid groups (broad SMARTS) is 1. The molecule has 0 unspecified atom stereocenters. The number of halogens is 1. The molecule has 6 atom stereocenters. The Morgan fingerprint density at radius 3 is 2.42 bits per heavy atom. The van der Waals surface area contributed by atoms with Gasteiger partial charge in [-0.05, 0) is 60.4 Å². The zero-order valence-electron chi connectivity index (χ0n) is 16.1. The van der Waals surface area contributed by atoms with Crippen LogP contribution in [0.15, 0.2) is 52.0 Å². The number of nitrogens with zero attached hydrogens (tertiary/aromatic N) is 2. The normalized spacial score (nSPS) is 32.6. The van der Waals surface area contributed by atoms with Crippen LogP contribution in [-0.4, -0.2) is 29.0 Å². The quantitative estimate of drug-likeness (QED) is 0.416. The first-order chi connectivity index (χ1) is 14.9. The maximum atomic E-state index is 12.9. The molecule has 0 radical (unpaired) electrons. The number of carbonyl (C=O) groups is 3. The summed E-state index contributed by atoms with van der Waals surface area (Å²) in [5, 5.41) is 16.4. The molecule has 2 aromatic rings. The molecule has 7 rings (SSSR count). The number of carbonyl (C=O) groups excluding carboxylic acids is 3. The summed E-state index contributed by atoms with van der Waals surface area (Å²) in [5.41, 5.74) is 0.368. The van der Waals surface area contributed by atoms with Gasteiger partial charge in [-0.3, -0.25) is 9.59 Å². The summed E-state index contributed by atoms with van der Waals surface area (Å²) in [4.78, 5) is 37.1. The minimum Gasteiger partial charge on any atom is -0.545 e. The third kappa shape index (κ3) is 2.66. The molecule has 5 aliphatic rings. The lowest BCUT2D eigenvalue weighted by molar-refractivity contribution is -0.255. The average molecular weight is 436 g/mol. The van der Waals surface area contributed by atoms with Crippen LogP contribution in [0.1, 0.15) is 22.5 Å². The number of amides is 2. The van der Waals surface area contributed by atoms with Gasteiger partial charge in [0, 0.05) is 16.1 Å². The van der Waals surface area contributed by atoms with Crippen LogP contribution in [0.25, 0.3) is 11.3 Å². The van der Waals surface area contributed by atoms with Crippen LogP contribution in [0.2, 0.25) is 5.02 Å². The Morgan fingerprint density at radius 2 is 1.77 bits per heavy atom. The van der Waals surface area contributed by atoms with Gasteiger partial charge in [-0.2, -0.15) is 10.1 Å². The van der Waals surface area contributed by atoms with Gasteiger partial charge in [0.25, 0.3) is 11.8 Å². The van der Waals surface area contributed by atoms with E-state index in [1.54, 1.807) is 18.2 Å². The maximum absolute atomic E-state index is 12.9. The molecule has 2 saturated carbocycles. The minimum atomic E-state index is -1.38. The number of imide groups is 1. The van der Waals surface area contributed by atoms with Crippen molar-refractivity contribution < 1.29 is 23.9 Å². The van der Waals surface area contributed by atoms with Gasteiger partial charge in [-0.15, -0.1) is 0 Å². The topological polar surface area (TPSA) is 103 Å². The molecule has 4 aliphatic carbocycles. The van der Waals surface area contributed by atoms with Gasteiger partial charge in [-0.25, -0.2) is 0 Å². The summed E-state index contributed by atoms with van der Waals surface area (Å²) in [7, 11) is 0. The van der Waals surface area contributed by atoms with Crippen LogP contribution in [0.3, 0.4) is 0 Å². The van der Waals surface area contributed by atoms with Crippen LogP contribution in [0.4, 0.5) is 0 Å². The first-order valence-corrected chi connectivity index (χ1v) is 10.5. The third-order valence-electron chi connectivity index (χ3n) is 7.04. The zero-order chi connectivity index (χ0) is 21.4. The smallest absolute Gasteiger partial charge is 0.254 e. The van der Waals surface area contributed by atoms with Gasteiger partial charge < -0.3 is 14.3 Å². The molecule has 2 bridgehead atoms. The van der Waals surface area contributed by atoms with E-state index >= 15 is 0 Å². The fraction of sp³-hybridized carbons (Fsp3) is 0.304. The molecule has 2 heterocycles. The molecule has 8 heteroatoms. The van der Waals surface area contributed by atoms with Crippen LogP contribution >= 0.6 is 11.6 Å². The highest BCUT2D eigenvalue weighted by atomic mass is 35.5. The number of hydrazone groups is 1. The second-order valence-electron chi connectivity index (χ2n) is 8.57. The number of hydrogen-bond donors (Lipinski definition) is 0. The van der Waals surface area contributed by atoms with Crippen molar-refractivity contribution >= 4 is 35.6 Å². The minimum absolute atomic E-state index is 0.0747.